The molecule has 12 heteroatoms. The summed E-state index contributed by atoms with van der Waals surface area (Å²) in [5, 5.41) is 18.1. The highest BCUT2D eigenvalue weighted by Gasteiger charge is 2.20. The topological polar surface area (TPSA) is 140 Å². The smallest absolute Gasteiger partial charge is 0.336 e. The van der Waals surface area contributed by atoms with Crippen LogP contribution in [0.2, 0.25) is 0 Å². The monoisotopic (exact) mass is 517 g/mol. The Bertz CT molecular complexity index is 1450. The molecule has 2 heterocycles. The number of fused-ring (bicyclic) bond motifs is 1. The van der Waals surface area contributed by atoms with Gasteiger partial charge in [0.2, 0.25) is 6.79 Å². The molecule has 0 saturated carbocycles. The number of nitro groups is 1. The molecule has 0 unspecified atom stereocenters. The fraction of sp³-hybridized carbons (Fsp3) is 0.192. The molecule has 5 rings (SSSR count). The number of nitrogens with zero attached hydrogens (tertiary/aromatic N) is 4. The van der Waals surface area contributed by atoms with E-state index in [1.54, 1.807) is 28.9 Å². The summed E-state index contributed by atoms with van der Waals surface area (Å²) in [6.07, 6.45) is 0. The van der Waals surface area contributed by atoms with E-state index in [2.05, 4.69) is 15.4 Å². The van der Waals surface area contributed by atoms with Gasteiger partial charge in [0, 0.05) is 35.6 Å². The Morgan fingerprint density at radius 2 is 1.82 bits per heavy atom. The summed E-state index contributed by atoms with van der Waals surface area (Å²) < 4.78 is 23.6. The zero-order valence-corrected chi connectivity index (χ0v) is 20.3. The fourth-order valence-electron chi connectivity index (χ4n) is 3.72. The van der Waals surface area contributed by atoms with E-state index in [-0.39, 0.29) is 24.4 Å². The molecule has 1 aliphatic rings. The van der Waals surface area contributed by atoms with Crippen molar-refractivity contribution >= 4 is 17.3 Å². The highest BCUT2D eigenvalue weighted by molar-refractivity contribution is 6.04. The third-order valence-electron chi connectivity index (χ3n) is 5.59. The highest BCUT2D eigenvalue weighted by Crippen LogP contribution is 2.36. The second kappa shape index (κ2) is 11.0. The van der Waals surface area contributed by atoms with E-state index in [0.29, 0.717) is 54.1 Å². The number of aromatic nitrogens is 3. The van der Waals surface area contributed by atoms with Gasteiger partial charge in [-0.1, -0.05) is 0 Å². The van der Waals surface area contributed by atoms with E-state index in [4.69, 9.17) is 18.9 Å². The molecule has 0 radical (unpaired) electrons. The summed E-state index contributed by atoms with van der Waals surface area (Å²) in [4.78, 5) is 27.5. The van der Waals surface area contributed by atoms with Gasteiger partial charge in [-0.25, -0.2) is 4.68 Å². The van der Waals surface area contributed by atoms with Crippen LogP contribution in [0.5, 0.6) is 17.5 Å². The van der Waals surface area contributed by atoms with Crippen molar-refractivity contribution < 1.29 is 28.7 Å². The van der Waals surface area contributed by atoms with Gasteiger partial charge in [-0.05, 0) is 61.5 Å². The zero-order chi connectivity index (χ0) is 26.5. The number of non-ortho nitro benzene ring substituents is 1. The van der Waals surface area contributed by atoms with Crippen LogP contribution in [0.1, 0.15) is 17.3 Å². The molecule has 3 aromatic carbocycles. The molecule has 12 nitrogen and oxygen atoms in total. The van der Waals surface area contributed by atoms with Crippen LogP contribution in [0.3, 0.4) is 0 Å². The summed E-state index contributed by atoms with van der Waals surface area (Å²) >= 11 is 0. The predicted octanol–water partition coefficient (Wildman–Crippen LogP) is 4.24. The van der Waals surface area contributed by atoms with Crippen LogP contribution in [0.4, 0.5) is 11.4 Å². The van der Waals surface area contributed by atoms with Crippen LogP contribution < -0.4 is 19.5 Å². The first kappa shape index (κ1) is 24.7. The lowest BCUT2D eigenvalue weighted by molar-refractivity contribution is -0.384. The minimum atomic E-state index is -0.516. The number of hydrogen-bond donors (Lipinski definition) is 1. The first-order valence-electron chi connectivity index (χ1n) is 11.8. The Labute approximate surface area is 216 Å². The lowest BCUT2D eigenvalue weighted by Gasteiger charge is -2.09. The molecular formula is C26H23N5O7. The van der Waals surface area contributed by atoms with Crippen LogP contribution in [0, 0.1) is 10.1 Å². The number of nitro benzene ring substituents is 1. The van der Waals surface area contributed by atoms with Gasteiger partial charge in [0.1, 0.15) is 6.61 Å². The van der Waals surface area contributed by atoms with Gasteiger partial charge in [0.15, 0.2) is 17.3 Å². The summed E-state index contributed by atoms with van der Waals surface area (Å²) in [6.45, 7) is 3.35. The van der Waals surface area contributed by atoms with E-state index in [1.807, 2.05) is 25.1 Å². The zero-order valence-electron chi connectivity index (χ0n) is 20.3. The van der Waals surface area contributed by atoms with E-state index in [9.17, 15) is 14.9 Å². The van der Waals surface area contributed by atoms with Crippen LogP contribution >= 0.6 is 0 Å². The second-order valence-corrected chi connectivity index (χ2v) is 8.05. The normalized spacial score (nSPS) is 11.8. The van der Waals surface area contributed by atoms with Gasteiger partial charge in [0.25, 0.3) is 11.6 Å². The third kappa shape index (κ3) is 5.39. The third-order valence-corrected chi connectivity index (χ3v) is 5.59. The Balaban J connectivity index is 1.38. The van der Waals surface area contributed by atoms with Crippen molar-refractivity contribution in [1.82, 2.24) is 14.8 Å². The van der Waals surface area contributed by atoms with E-state index in [1.165, 1.54) is 24.3 Å². The summed E-state index contributed by atoms with van der Waals surface area (Å²) in [7, 11) is 0. The van der Waals surface area contributed by atoms with Gasteiger partial charge in [-0.15, -0.1) is 5.10 Å². The number of carbonyl (C=O) groups is 1. The molecule has 0 fully saturated rings. The molecule has 4 aromatic rings. The quantitative estimate of drug-likeness (QED) is 0.186. The van der Waals surface area contributed by atoms with E-state index < -0.39 is 4.92 Å². The number of rotatable bonds is 10. The average molecular weight is 517 g/mol. The highest BCUT2D eigenvalue weighted by atomic mass is 16.7. The lowest BCUT2D eigenvalue weighted by Crippen LogP contribution is -2.12. The first-order valence-corrected chi connectivity index (χ1v) is 11.8. The molecule has 1 amide bonds. The molecule has 0 saturated heterocycles. The Kier molecular flexibility index (Phi) is 7.13. The summed E-state index contributed by atoms with van der Waals surface area (Å²) in [5.41, 5.74) is 2.18. The summed E-state index contributed by atoms with van der Waals surface area (Å²) in [6, 6.07) is 18.1. The maximum atomic E-state index is 12.6. The van der Waals surface area contributed by atoms with Gasteiger partial charge in [-0.3, -0.25) is 14.9 Å². The van der Waals surface area contributed by atoms with E-state index >= 15 is 0 Å². The van der Waals surface area contributed by atoms with Crippen LogP contribution in [-0.4, -0.2) is 52.2 Å². The number of hydrogen-bond acceptors (Lipinski definition) is 9. The molecule has 0 atom stereocenters. The van der Waals surface area contributed by atoms with Crippen LogP contribution in [-0.2, 0) is 4.74 Å². The minimum Gasteiger partial charge on any atom is -0.460 e. The van der Waals surface area contributed by atoms with Crippen molar-refractivity contribution in [2.45, 2.75) is 6.92 Å². The van der Waals surface area contributed by atoms with Crippen molar-refractivity contribution in [3.63, 3.8) is 0 Å². The first-order chi connectivity index (χ1) is 18.5. The molecule has 0 spiro atoms. The Morgan fingerprint density at radius 1 is 1.05 bits per heavy atom. The van der Waals surface area contributed by atoms with E-state index in [0.717, 1.165) is 5.56 Å². The van der Waals surface area contributed by atoms with Gasteiger partial charge >= 0.3 is 6.01 Å². The second-order valence-electron chi connectivity index (χ2n) is 8.05. The lowest BCUT2D eigenvalue weighted by atomic mass is 10.1. The number of benzene rings is 3. The molecular weight excluding hydrogens is 494 g/mol. The number of ether oxygens (including phenoxy) is 4. The molecule has 1 aromatic heterocycles. The number of anilines is 1. The molecule has 0 bridgehead atoms. The number of amides is 1. The number of carbonyl (C=O) groups excluding carboxylic acids is 1. The molecule has 1 N–H and O–H groups in total. The largest absolute Gasteiger partial charge is 0.460 e. The van der Waals surface area contributed by atoms with Gasteiger partial charge in [-0.2, -0.15) is 4.98 Å². The van der Waals surface area contributed by atoms with Crippen LogP contribution in [0.15, 0.2) is 66.7 Å². The SMILES string of the molecule is CCOCCOc1nc(-c2ccc3c(c2)OCO3)n(-c2ccc(NC(=O)c3ccc([N+](=O)[O-])cc3)cc2)n1. The fourth-order valence-corrected chi connectivity index (χ4v) is 3.72. The van der Waals surface area contributed by atoms with Crippen LogP contribution in [0.25, 0.3) is 17.1 Å². The molecule has 0 aliphatic carbocycles. The van der Waals surface area contributed by atoms with Crippen molar-refractivity contribution in [3.8, 4) is 34.6 Å². The standard InChI is InChI=1S/C26H23N5O7/c1-2-35-13-14-36-26-28-24(18-5-12-22-23(15-18)38-16-37-22)30(29-26)20-10-6-19(7-11-20)27-25(32)17-3-8-21(9-4-17)31(33)34/h3-12,15H,2,13-14,16H2,1H3,(H,27,32). The van der Waals surface area contributed by atoms with Crippen molar-refractivity contribution in [1.29, 1.82) is 0 Å². The van der Waals surface area contributed by atoms with Gasteiger partial charge < -0.3 is 24.3 Å². The molecule has 38 heavy (non-hydrogen) atoms. The maximum absolute atomic E-state index is 12.6. The molecule has 194 valence electrons. The maximum Gasteiger partial charge on any atom is 0.336 e. The minimum absolute atomic E-state index is 0.0850. The van der Waals surface area contributed by atoms with Gasteiger partial charge in [0.05, 0.1) is 17.2 Å². The predicted molar refractivity (Wildman–Crippen MR) is 136 cm³/mol. The van der Waals surface area contributed by atoms with Crippen molar-refractivity contribution in [2.75, 3.05) is 31.9 Å². The van der Waals surface area contributed by atoms with Crippen molar-refractivity contribution in [3.05, 3.63) is 82.4 Å². The Morgan fingerprint density at radius 3 is 2.55 bits per heavy atom. The van der Waals surface area contributed by atoms with Crippen molar-refractivity contribution in [2.24, 2.45) is 0 Å². The summed E-state index contributed by atoms with van der Waals surface area (Å²) in [5.74, 6) is 1.40. The Hall–Kier alpha value is -4.97. The molecule has 1 aliphatic heterocycles. The average Bonchev–Trinajstić information content (AvgIpc) is 3.58. The number of nitrogens with one attached hydrogen (secondary N) is 1.